The fourth-order valence-corrected chi connectivity index (χ4v) is 2.02. The van der Waals surface area contributed by atoms with E-state index in [1.807, 2.05) is 7.05 Å². The summed E-state index contributed by atoms with van der Waals surface area (Å²) in [6.45, 7) is 0.862. The number of methoxy groups -OCH3 is 1. The number of rotatable bonds is 5. The molecular weight excluding hydrogens is 246 g/mol. The van der Waals surface area contributed by atoms with Crippen molar-refractivity contribution in [2.24, 2.45) is 0 Å². The fraction of sp³-hybridized carbons (Fsp3) is 0.385. The molecule has 0 spiro atoms. The van der Waals surface area contributed by atoms with E-state index >= 15 is 0 Å². The molecule has 0 fully saturated rings. The number of hydrogen-bond acceptors (Lipinski definition) is 5. The largest absolute Gasteiger partial charge is 0.506 e. The summed E-state index contributed by atoms with van der Waals surface area (Å²) in [5, 5.41) is 13.0. The van der Waals surface area contributed by atoms with Gasteiger partial charge in [-0.25, -0.2) is 9.78 Å². The maximum atomic E-state index is 11.7. The van der Waals surface area contributed by atoms with Crippen LogP contribution in [0.5, 0.6) is 5.75 Å². The number of aromatic nitrogens is 2. The van der Waals surface area contributed by atoms with E-state index in [1.54, 1.807) is 16.7 Å². The molecule has 6 heteroatoms. The van der Waals surface area contributed by atoms with Crippen molar-refractivity contribution in [2.75, 3.05) is 20.7 Å². The number of imidazole rings is 1. The van der Waals surface area contributed by atoms with Gasteiger partial charge in [-0.2, -0.15) is 0 Å². The topological polar surface area (TPSA) is 75.9 Å². The van der Waals surface area contributed by atoms with Crippen LogP contribution in [0.3, 0.4) is 0 Å². The van der Waals surface area contributed by atoms with E-state index in [-0.39, 0.29) is 11.4 Å². The number of aryl methyl sites for hydroxylation is 1. The average molecular weight is 263 g/mol. The van der Waals surface area contributed by atoms with Gasteiger partial charge in [0, 0.05) is 12.6 Å². The van der Waals surface area contributed by atoms with Gasteiger partial charge in [-0.1, -0.05) is 0 Å². The van der Waals surface area contributed by atoms with Crippen molar-refractivity contribution in [1.29, 1.82) is 0 Å². The van der Waals surface area contributed by atoms with Gasteiger partial charge in [-0.15, -0.1) is 0 Å². The van der Waals surface area contributed by atoms with Gasteiger partial charge in [0.25, 0.3) is 0 Å². The molecule has 0 aromatic carbocycles. The van der Waals surface area contributed by atoms with Gasteiger partial charge in [-0.3, -0.25) is 4.40 Å². The number of hydrogen-bond donors (Lipinski definition) is 2. The number of nitrogens with zero attached hydrogens (tertiary/aromatic N) is 2. The average Bonchev–Trinajstić information content (AvgIpc) is 2.79. The first kappa shape index (κ1) is 13.4. The third-order valence-corrected chi connectivity index (χ3v) is 2.92. The lowest BCUT2D eigenvalue weighted by Crippen LogP contribution is -2.09. The van der Waals surface area contributed by atoms with Crippen LogP contribution in [0.15, 0.2) is 18.3 Å². The second-order valence-corrected chi connectivity index (χ2v) is 4.19. The summed E-state index contributed by atoms with van der Waals surface area (Å²) in [6, 6.07) is 3.24. The van der Waals surface area contributed by atoms with E-state index in [4.69, 9.17) is 4.74 Å². The van der Waals surface area contributed by atoms with Crippen LogP contribution in [-0.4, -0.2) is 41.2 Å². The van der Waals surface area contributed by atoms with Crippen molar-refractivity contribution in [2.45, 2.75) is 12.8 Å². The summed E-state index contributed by atoms with van der Waals surface area (Å²) in [4.78, 5) is 16.0. The molecule has 0 amide bonds. The van der Waals surface area contributed by atoms with E-state index in [1.165, 1.54) is 13.2 Å². The molecule has 0 aliphatic heterocycles. The van der Waals surface area contributed by atoms with Gasteiger partial charge in [0.2, 0.25) is 0 Å². The zero-order chi connectivity index (χ0) is 13.8. The number of ether oxygens (including phenoxy) is 1. The van der Waals surface area contributed by atoms with Crippen molar-refractivity contribution < 1.29 is 14.6 Å². The summed E-state index contributed by atoms with van der Waals surface area (Å²) in [5.41, 5.74) is 0.550. The fourth-order valence-electron chi connectivity index (χ4n) is 2.02. The predicted molar refractivity (Wildman–Crippen MR) is 70.4 cm³/mol. The van der Waals surface area contributed by atoms with Crippen molar-refractivity contribution in [3.05, 3.63) is 29.8 Å². The Morgan fingerprint density at radius 2 is 2.37 bits per heavy atom. The highest BCUT2D eigenvalue weighted by molar-refractivity contribution is 5.96. The van der Waals surface area contributed by atoms with Crippen LogP contribution in [0.1, 0.15) is 22.7 Å². The zero-order valence-corrected chi connectivity index (χ0v) is 11.0. The summed E-state index contributed by atoms with van der Waals surface area (Å²) < 4.78 is 6.43. The lowest BCUT2D eigenvalue weighted by molar-refractivity contribution is 0.0596. The zero-order valence-electron chi connectivity index (χ0n) is 11.0. The summed E-state index contributed by atoms with van der Waals surface area (Å²) >= 11 is 0. The Morgan fingerprint density at radius 3 is 3.05 bits per heavy atom. The lowest BCUT2D eigenvalue weighted by atomic mass is 10.3. The number of carbonyl (C=O) groups is 1. The summed E-state index contributed by atoms with van der Waals surface area (Å²) in [5.74, 6) is 0.218. The van der Waals surface area contributed by atoms with E-state index in [2.05, 4.69) is 10.3 Å². The van der Waals surface area contributed by atoms with Crippen molar-refractivity contribution in [3.8, 4) is 5.75 Å². The molecule has 0 atom stereocenters. The highest BCUT2D eigenvalue weighted by atomic mass is 16.5. The monoisotopic (exact) mass is 263 g/mol. The maximum Gasteiger partial charge on any atom is 0.359 e. The molecule has 2 heterocycles. The second-order valence-electron chi connectivity index (χ2n) is 4.19. The maximum absolute atomic E-state index is 11.7. The van der Waals surface area contributed by atoms with Gasteiger partial charge in [-0.05, 0) is 32.1 Å². The Bertz CT molecular complexity index is 592. The number of aromatic hydroxyl groups is 1. The molecule has 6 nitrogen and oxygen atoms in total. The van der Waals surface area contributed by atoms with E-state index in [9.17, 15) is 9.90 Å². The van der Waals surface area contributed by atoms with Gasteiger partial charge in [0.05, 0.1) is 7.11 Å². The Kier molecular flexibility index (Phi) is 4.01. The minimum Gasteiger partial charge on any atom is -0.506 e. The Labute approximate surface area is 111 Å². The highest BCUT2D eigenvalue weighted by Gasteiger charge is 2.20. The van der Waals surface area contributed by atoms with Gasteiger partial charge >= 0.3 is 5.97 Å². The first-order valence-electron chi connectivity index (χ1n) is 6.11. The highest BCUT2D eigenvalue weighted by Crippen LogP contribution is 2.24. The third-order valence-electron chi connectivity index (χ3n) is 2.92. The molecule has 19 heavy (non-hydrogen) atoms. The smallest absolute Gasteiger partial charge is 0.359 e. The Balaban J connectivity index is 2.47. The van der Waals surface area contributed by atoms with Crippen molar-refractivity contribution in [1.82, 2.24) is 14.7 Å². The van der Waals surface area contributed by atoms with Crippen LogP contribution < -0.4 is 5.32 Å². The van der Waals surface area contributed by atoms with E-state index in [0.29, 0.717) is 11.9 Å². The molecule has 0 bridgehead atoms. The molecule has 2 aromatic heterocycles. The molecule has 0 saturated carbocycles. The van der Waals surface area contributed by atoms with Gasteiger partial charge in [0.1, 0.15) is 17.1 Å². The van der Waals surface area contributed by atoms with Crippen LogP contribution in [0, 0.1) is 0 Å². The SMILES string of the molecule is CNCCCc1nc(C(=O)OC)c2c(O)cccn12. The van der Waals surface area contributed by atoms with Gasteiger partial charge in [0.15, 0.2) is 5.69 Å². The molecular formula is C13H17N3O3. The second kappa shape index (κ2) is 5.71. The normalized spacial score (nSPS) is 10.8. The minimum atomic E-state index is -0.543. The van der Waals surface area contributed by atoms with E-state index in [0.717, 1.165) is 18.8 Å². The minimum absolute atomic E-state index is 0.0234. The first-order valence-corrected chi connectivity index (χ1v) is 6.11. The molecule has 0 aliphatic carbocycles. The first-order chi connectivity index (χ1) is 9.19. The van der Waals surface area contributed by atoms with Crippen LogP contribution in [0.25, 0.3) is 5.52 Å². The van der Waals surface area contributed by atoms with Crippen LogP contribution in [-0.2, 0) is 11.2 Å². The lowest BCUT2D eigenvalue weighted by Gasteiger charge is -2.02. The predicted octanol–water partition coefficient (Wildman–Crippen LogP) is 0.978. The summed E-state index contributed by atoms with van der Waals surface area (Å²) in [7, 11) is 3.18. The van der Waals surface area contributed by atoms with E-state index < -0.39 is 5.97 Å². The molecule has 0 saturated heterocycles. The van der Waals surface area contributed by atoms with Crippen LogP contribution >= 0.6 is 0 Å². The third kappa shape index (κ3) is 2.53. The number of nitrogens with one attached hydrogen (secondary N) is 1. The van der Waals surface area contributed by atoms with Crippen molar-refractivity contribution >= 4 is 11.5 Å². The number of carbonyl (C=O) groups excluding carboxylic acids is 1. The molecule has 2 aromatic rings. The molecule has 0 radical (unpaired) electrons. The van der Waals surface area contributed by atoms with Gasteiger partial charge < -0.3 is 15.2 Å². The molecule has 2 N–H and O–H groups in total. The standard InChI is InChI=1S/C13H17N3O3/c1-14-7-3-6-10-15-11(13(18)19-2)12-9(17)5-4-8-16(10)12/h4-5,8,14,17H,3,6-7H2,1-2H3. The molecule has 0 unspecified atom stereocenters. The van der Waals surface area contributed by atoms with Crippen molar-refractivity contribution in [3.63, 3.8) is 0 Å². The van der Waals surface area contributed by atoms with Crippen LogP contribution in [0.4, 0.5) is 0 Å². The quantitative estimate of drug-likeness (QED) is 0.621. The van der Waals surface area contributed by atoms with Crippen LogP contribution in [0.2, 0.25) is 0 Å². The number of fused-ring (bicyclic) bond motifs is 1. The molecule has 2 rings (SSSR count). The Morgan fingerprint density at radius 1 is 1.58 bits per heavy atom. The summed E-state index contributed by atoms with van der Waals surface area (Å²) in [6.07, 6.45) is 3.39. The number of esters is 1. The molecule has 102 valence electrons. The number of pyridine rings is 1. The molecule has 0 aliphatic rings. The Hall–Kier alpha value is -2.08.